The first-order chi connectivity index (χ1) is 8.53. The second-order valence-electron chi connectivity index (χ2n) is 5.63. The van der Waals surface area contributed by atoms with E-state index >= 15 is 0 Å². The Bertz CT molecular complexity index is 399. The highest BCUT2D eigenvalue weighted by atomic mass is 19.1. The Labute approximate surface area is 109 Å². The van der Waals surface area contributed by atoms with Crippen molar-refractivity contribution < 1.29 is 4.39 Å². The lowest BCUT2D eigenvalue weighted by Crippen LogP contribution is -2.56. The van der Waals surface area contributed by atoms with Crippen molar-refractivity contribution in [1.82, 2.24) is 10.2 Å². The van der Waals surface area contributed by atoms with E-state index in [4.69, 9.17) is 0 Å². The van der Waals surface area contributed by atoms with Gasteiger partial charge in [-0.15, -0.1) is 0 Å². The average Bonchev–Trinajstić information content (AvgIpc) is 2.26. The minimum Gasteiger partial charge on any atom is -0.308 e. The second-order valence-corrected chi connectivity index (χ2v) is 5.63. The summed E-state index contributed by atoms with van der Waals surface area (Å²) in [5.41, 5.74) is 1.32. The van der Waals surface area contributed by atoms with Crippen LogP contribution in [0, 0.1) is 5.82 Å². The van der Waals surface area contributed by atoms with E-state index in [9.17, 15) is 4.39 Å². The maximum atomic E-state index is 13.2. The number of likely N-dealkylation sites (N-methyl/N-ethyl adjacent to an activating group) is 1. The van der Waals surface area contributed by atoms with Crippen molar-refractivity contribution >= 4 is 0 Å². The Kier molecular flexibility index (Phi) is 4.03. The molecule has 0 aromatic heterocycles. The van der Waals surface area contributed by atoms with E-state index in [1.807, 2.05) is 6.07 Å². The van der Waals surface area contributed by atoms with Crippen LogP contribution in [0.5, 0.6) is 0 Å². The number of hydrogen-bond acceptors (Lipinski definition) is 2. The molecule has 0 heterocycles. The molecule has 0 spiro atoms. The fourth-order valence-corrected chi connectivity index (χ4v) is 2.60. The van der Waals surface area contributed by atoms with Crippen molar-refractivity contribution in [1.29, 1.82) is 0 Å². The minimum atomic E-state index is -0.160. The summed E-state index contributed by atoms with van der Waals surface area (Å²) in [4.78, 5) is 2.32. The molecule has 0 radical (unpaired) electrons. The van der Waals surface area contributed by atoms with Gasteiger partial charge in [-0.1, -0.05) is 12.1 Å². The van der Waals surface area contributed by atoms with Crippen LogP contribution in [0.3, 0.4) is 0 Å². The molecule has 100 valence electrons. The van der Waals surface area contributed by atoms with Gasteiger partial charge in [-0.25, -0.2) is 4.39 Å². The first kappa shape index (κ1) is 13.5. The molecule has 1 unspecified atom stereocenters. The van der Waals surface area contributed by atoms with Gasteiger partial charge in [-0.05, 0) is 58.0 Å². The lowest BCUT2D eigenvalue weighted by atomic mass is 9.75. The highest BCUT2D eigenvalue weighted by molar-refractivity contribution is 5.19. The summed E-state index contributed by atoms with van der Waals surface area (Å²) < 4.78 is 13.2. The van der Waals surface area contributed by atoms with Crippen LogP contribution in [0.1, 0.15) is 37.8 Å². The van der Waals surface area contributed by atoms with Crippen LogP contribution in [0.4, 0.5) is 4.39 Å². The molecule has 1 atom stereocenters. The van der Waals surface area contributed by atoms with Gasteiger partial charge in [-0.3, -0.25) is 0 Å². The van der Waals surface area contributed by atoms with Gasteiger partial charge in [0.05, 0.1) is 0 Å². The van der Waals surface area contributed by atoms with Gasteiger partial charge < -0.3 is 10.2 Å². The summed E-state index contributed by atoms with van der Waals surface area (Å²) >= 11 is 0. The van der Waals surface area contributed by atoms with E-state index in [0.717, 1.165) is 12.1 Å². The van der Waals surface area contributed by atoms with Crippen LogP contribution in [-0.2, 0) is 0 Å². The Hall–Kier alpha value is -0.930. The van der Waals surface area contributed by atoms with E-state index in [2.05, 4.69) is 31.2 Å². The number of hydrogen-bond donors (Lipinski definition) is 1. The third-order valence-electron chi connectivity index (χ3n) is 4.32. The molecule has 0 bridgehead atoms. The standard InChI is InChI=1S/C15H23FN2/c1-12(13-6-4-7-14(16)10-13)17-11-15(18(2)3)8-5-9-15/h4,6-7,10,12,17H,5,8-9,11H2,1-3H3. The van der Waals surface area contributed by atoms with Gasteiger partial charge in [0.15, 0.2) is 0 Å². The summed E-state index contributed by atoms with van der Waals surface area (Å²) in [5, 5.41) is 3.54. The third-order valence-corrected chi connectivity index (χ3v) is 4.32. The van der Waals surface area contributed by atoms with Gasteiger partial charge in [-0.2, -0.15) is 0 Å². The number of halogens is 1. The van der Waals surface area contributed by atoms with Crippen LogP contribution in [0.25, 0.3) is 0 Å². The van der Waals surface area contributed by atoms with Crippen molar-refractivity contribution in [2.75, 3.05) is 20.6 Å². The Morgan fingerprint density at radius 2 is 2.11 bits per heavy atom. The smallest absolute Gasteiger partial charge is 0.123 e. The van der Waals surface area contributed by atoms with Crippen LogP contribution in [-0.4, -0.2) is 31.1 Å². The van der Waals surface area contributed by atoms with E-state index in [0.29, 0.717) is 5.54 Å². The SMILES string of the molecule is CC(NCC1(N(C)C)CCC1)c1cccc(F)c1. The quantitative estimate of drug-likeness (QED) is 0.864. The molecule has 1 fully saturated rings. The van der Waals surface area contributed by atoms with Crippen molar-refractivity contribution in [3.8, 4) is 0 Å². The highest BCUT2D eigenvalue weighted by Gasteiger charge is 2.38. The van der Waals surface area contributed by atoms with E-state index in [1.165, 1.54) is 25.3 Å². The fraction of sp³-hybridized carbons (Fsp3) is 0.600. The topological polar surface area (TPSA) is 15.3 Å². The molecule has 2 rings (SSSR count). The molecule has 3 heteroatoms. The molecule has 0 amide bonds. The van der Waals surface area contributed by atoms with E-state index in [1.54, 1.807) is 12.1 Å². The zero-order valence-electron chi connectivity index (χ0n) is 11.5. The van der Waals surface area contributed by atoms with Crippen molar-refractivity contribution in [2.24, 2.45) is 0 Å². The van der Waals surface area contributed by atoms with Gasteiger partial charge in [0, 0.05) is 18.1 Å². The Balaban J connectivity index is 1.94. The van der Waals surface area contributed by atoms with Gasteiger partial charge in [0.25, 0.3) is 0 Å². The fourth-order valence-electron chi connectivity index (χ4n) is 2.60. The molecule has 1 saturated carbocycles. The number of benzene rings is 1. The summed E-state index contributed by atoms with van der Waals surface area (Å²) in [6, 6.07) is 7.04. The number of rotatable bonds is 5. The lowest BCUT2D eigenvalue weighted by molar-refractivity contribution is 0.0576. The minimum absolute atomic E-state index is 0.160. The summed E-state index contributed by atoms with van der Waals surface area (Å²) in [5.74, 6) is -0.160. The summed E-state index contributed by atoms with van der Waals surface area (Å²) in [6.07, 6.45) is 3.82. The zero-order valence-corrected chi connectivity index (χ0v) is 11.5. The summed E-state index contributed by atoms with van der Waals surface area (Å²) in [6.45, 7) is 3.06. The molecule has 0 aliphatic heterocycles. The summed E-state index contributed by atoms with van der Waals surface area (Å²) in [7, 11) is 4.29. The first-order valence-electron chi connectivity index (χ1n) is 6.70. The molecule has 1 aliphatic rings. The predicted molar refractivity (Wildman–Crippen MR) is 73.1 cm³/mol. The second kappa shape index (κ2) is 5.37. The number of nitrogens with one attached hydrogen (secondary N) is 1. The van der Waals surface area contributed by atoms with Gasteiger partial charge in [0.2, 0.25) is 0 Å². The van der Waals surface area contributed by atoms with Crippen LogP contribution >= 0.6 is 0 Å². The highest BCUT2D eigenvalue weighted by Crippen LogP contribution is 2.35. The van der Waals surface area contributed by atoms with Crippen LogP contribution in [0.15, 0.2) is 24.3 Å². The lowest BCUT2D eigenvalue weighted by Gasteiger charge is -2.48. The molecule has 1 N–H and O–H groups in total. The van der Waals surface area contributed by atoms with Gasteiger partial charge >= 0.3 is 0 Å². The monoisotopic (exact) mass is 250 g/mol. The molecule has 0 saturated heterocycles. The maximum absolute atomic E-state index is 13.2. The van der Waals surface area contributed by atoms with E-state index < -0.39 is 0 Å². The maximum Gasteiger partial charge on any atom is 0.123 e. The predicted octanol–water partition coefficient (Wildman–Crippen LogP) is 2.96. The van der Waals surface area contributed by atoms with Crippen LogP contribution < -0.4 is 5.32 Å². The Morgan fingerprint density at radius 3 is 2.61 bits per heavy atom. The molecule has 1 aromatic rings. The van der Waals surface area contributed by atoms with Crippen molar-refractivity contribution in [3.63, 3.8) is 0 Å². The van der Waals surface area contributed by atoms with Crippen molar-refractivity contribution in [3.05, 3.63) is 35.6 Å². The van der Waals surface area contributed by atoms with Gasteiger partial charge in [0.1, 0.15) is 5.82 Å². The normalized spacial score (nSPS) is 19.6. The Morgan fingerprint density at radius 1 is 1.39 bits per heavy atom. The zero-order chi connectivity index (χ0) is 13.2. The number of nitrogens with zero attached hydrogens (tertiary/aromatic N) is 1. The molecular weight excluding hydrogens is 227 g/mol. The first-order valence-corrected chi connectivity index (χ1v) is 6.70. The van der Waals surface area contributed by atoms with Crippen LogP contribution in [0.2, 0.25) is 0 Å². The third kappa shape index (κ3) is 2.73. The molecule has 1 aliphatic carbocycles. The largest absolute Gasteiger partial charge is 0.308 e. The molecule has 2 nitrogen and oxygen atoms in total. The van der Waals surface area contributed by atoms with Crippen molar-refractivity contribution in [2.45, 2.75) is 37.8 Å². The molecule has 18 heavy (non-hydrogen) atoms. The van der Waals surface area contributed by atoms with E-state index in [-0.39, 0.29) is 11.9 Å². The average molecular weight is 250 g/mol. The molecule has 1 aromatic carbocycles. The molecular formula is C15H23FN2.